The van der Waals surface area contributed by atoms with Crippen molar-refractivity contribution < 1.29 is 9.47 Å². The lowest BCUT2D eigenvalue weighted by Crippen LogP contribution is -2.02. The lowest BCUT2D eigenvalue weighted by atomic mass is 10.1. The van der Waals surface area contributed by atoms with Gasteiger partial charge in [0, 0.05) is 12.2 Å². The van der Waals surface area contributed by atoms with Crippen LogP contribution in [0.3, 0.4) is 0 Å². The van der Waals surface area contributed by atoms with Crippen LogP contribution >= 0.6 is 23.2 Å². The molecule has 0 aromatic heterocycles. The number of rotatable bonds is 8. The summed E-state index contributed by atoms with van der Waals surface area (Å²) in [6.07, 6.45) is 0. The Hall–Kier alpha value is -2.88. The molecule has 0 aliphatic heterocycles. The molecule has 0 spiro atoms. The molecule has 158 valence electrons. The molecule has 0 unspecified atom stereocenters. The molecule has 0 aliphatic carbocycles. The SMILES string of the molecule is CCOc1ccc(NCc2cc(Cl)c(OCc3cccc4ccccc34)c(Cl)c2)cc1. The lowest BCUT2D eigenvalue weighted by molar-refractivity contribution is 0.308. The molecule has 4 aromatic rings. The van der Waals surface area contributed by atoms with Gasteiger partial charge in [-0.2, -0.15) is 0 Å². The second kappa shape index (κ2) is 9.95. The summed E-state index contributed by atoms with van der Waals surface area (Å²) < 4.78 is 11.5. The number of nitrogens with one attached hydrogen (secondary N) is 1. The average Bonchev–Trinajstić information content (AvgIpc) is 2.78. The van der Waals surface area contributed by atoms with Gasteiger partial charge in [-0.25, -0.2) is 0 Å². The fourth-order valence-corrected chi connectivity index (χ4v) is 4.10. The quantitative estimate of drug-likeness (QED) is 0.297. The second-order valence-corrected chi connectivity index (χ2v) is 7.94. The molecule has 0 fully saturated rings. The molecule has 0 atom stereocenters. The van der Waals surface area contributed by atoms with Crippen LogP contribution in [0, 0.1) is 0 Å². The van der Waals surface area contributed by atoms with Crippen LogP contribution in [0.1, 0.15) is 18.1 Å². The van der Waals surface area contributed by atoms with Crippen molar-refractivity contribution in [3.63, 3.8) is 0 Å². The van der Waals surface area contributed by atoms with Crippen LogP contribution in [0.25, 0.3) is 10.8 Å². The molecule has 31 heavy (non-hydrogen) atoms. The van der Waals surface area contributed by atoms with E-state index in [1.54, 1.807) is 0 Å². The fourth-order valence-electron chi connectivity index (χ4n) is 3.46. The van der Waals surface area contributed by atoms with Crippen molar-refractivity contribution in [3.8, 4) is 11.5 Å². The summed E-state index contributed by atoms with van der Waals surface area (Å²) >= 11 is 13.0. The van der Waals surface area contributed by atoms with Gasteiger partial charge in [0.1, 0.15) is 12.4 Å². The van der Waals surface area contributed by atoms with Gasteiger partial charge in [-0.15, -0.1) is 0 Å². The smallest absolute Gasteiger partial charge is 0.156 e. The third kappa shape index (κ3) is 5.25. The third-order valence-electron chi connectivity index (χ3n) is 4.97. The number of hydrogen-bond acceptors (Lipinski definition) is 3. The standard InChI is InChI=1S/C26H23Cl2NO2/c1-2-30-22-12-10-21(11-13-22)29-16-18-14-24(27)26(25(28)15-18)31-17-20-8-5-7-19-6-3-4-9-23(19)20/h3-15,29H,2,16-17H2,1H3. The minimum atomic E-state index is 0.393. The van der Waals surface area contributed by atoms with Crippen LogP contribution in [0.4, 0.5) is 5.69 Å². The van der Waals surface area contributed by atoms with E-state index in [-0.39, 0.29) is 0 Å². The fraction of sp³-hybridized carbons (Fsp3) is 0.154. The number of halogens is 2. The zero-order valence-electron chi connectivity index (χ0n) is 17.2. The molecule has 4 rings (SSSR count). The Morgan fingerprint density at radius 3 is 2.26 bits per heavy atom. The lowest BCUT2D eigenvalue weighted by Gasteiger charge is -2.14. The molecule has 3 nitrogen and oxygen atoms in total. The Bertz CT molecular complexity index is 1150. The molecule has 0 saturated carbocycles. The molecular formula is C26H23Cl2NO2. The van der Waals surface area contributed by atoms with Crippen molar-refractivity contribution in [1.82, 2.24) is 0 Å². The van der Waals surface area contributed by atoms with Gasteiger partial charge in [0.2, 0.25) is 0 Å². The van der Waals surface area contributed by atoms with Crippen molar-refractivity contribution in [2.45, 2.75) is 20.1 Å². The number of ether oxygens (including phenoxy) is 2. The molecule has 0 saturated heterocycles. The molecule has 0 bridgehead atoms. The van der Waals surface area contributed by atoms with Crippen LogP contribution in [-0.4, -0.2) is 6.61 Å². The molecular weight excluding hydrogens is 429 g/mol. The van der Waals surface area contributed by atoms with E-state index in [1.807, 2.05) is 61.5 Å². The van der Waals surface area contributed by atoms with Crippen LogP contribution in [0.15, 0.2) is 78.9 Å². The van der Waals surface area contributed by atoms with E-state index in [4.69, 9.17) is 32.7 Å². The second-order valence-electron chi connectivity index (χ2n) is 7.13. The monoisotopic (exact) mass is 451 g/mol. The zero-order valence-corrected chi connectivity index (χ0v) is 18.7. The minimum absolute atomic E-state index is 0.393. The first-order chi connectivity index (χ1) is 15.1. The normalized spacial score (nSPS) is 10.8. The number of fused-ring (bicyclic) bond motifs is 1. The highest BCUT2D eigenvalue weighted by Crippen LogP contribution is 2.35. The number of benzene rings is 4. The van der Waals surface area contributed by atoms with Crippen LogP contribution in [0.5, 0.6) is 11.5 Å². The van der Waals surface area contributed by atoms with Crippen molar-refractivity contribution in [1.29, 1.82) is 0 Å². The zero-order chi connectivity index (χ0) is 21.6. The topological polar surface area (TPSA) is 30.5 Å². The average molecular weight is 452 g/mol. The molecule has 0 heterocycles. The highest BCUT2D eigenvalue weighted by Gasteiger charge is 2.11. The summed E-state index contributed by atoms with van der Waals surface area (Å²) in [6, 6.07) is 26.0. The first kappa shape index (κ1) is 21.4. The first-order valence-electron chi connectivity index (χ1n) is 10.2. The molecule has 0 amide bonds. The van der Waals surface area contributed by atoms with Crippen molar-refractivity contribution in [2.75, 3.05) is 11.9 Å². The van der Waals surface area contributed by atoms with Gasteiger partial charge in [0.25, 0.3) is 0 Å². The maximum Gasteiger partial charge on any atom is 0.156 e. The van der Waals surface area contributed by atoms with Crippen LogP contribution in [-0.2, 0) is 13.2 Å². The molecule has 4 aromatic carbocycles. The van der Waals surface area contributed by atoms with Gasteiger partial charge in [-0.1, -0.05) is 65.7 Å². The van der Waals surface area contributed by atoms with E-state index in [9.17, 15) is 0 Å². The van der Waals surface area contributed by atoms with Crippen LogP contribution < -0.4 is 14.8 Å². The van der Waals surface area contributed by atoms with Crippen molar-refractivity contribution in [2.24, 2.45) is 0 Å². The van der Waals surface area contributed by atoms with Crippen molar-refractivity contribution >= 4 is 39.7 Å². The van der Waals surface area contributed by atoms with E-state index in [2.05, 4.69) is 29.6 Å². The molecule has 5 heteroatoms. The largest absolute Gasteiger partial charge is 0.494 e. The third-order valence-corrected chi connectivity index (χ3v) is 5.53. The summed E-state index contributed by atoms with van der Waals surface area (Å²) in [6.45, 7) is 3.61. The summed E-state index contributed by atoms with van der Waals surface area (Å²) in [5, 5.41) is 6.70. The number of anilines is 1. The van der Waals surface area contributed by atoms with Gasteiger partial charge >= 0.3 is 0 Å². The summed E-state index contributed by atoms with van der Waals surface area (Å²) in [5.74, 6) is 1.35. The summed E-state index contributed by atoms with van der Waals surface area (Å²) in [5.41, 5.74) is 3.06. The van der Waals surface area contributed by atoms with E-state index in [0.717, 1.165) is 28.0 Å². The highest BCUT2D eigenvalue weighted by molar-refractivity contribution is 6.37. The van der Waals surface area contributed by atoms with E-state index >= 15 is 0 Å². The maximum absolute atomic E-state index is 6.50. The predicted octanol–water partition coefficient (Wildman–Crippen LogP) is 7.74. The van der Waals surface area contributed by atoms with Gasteiger partial charge in [0.05, 0.1) is 16.7 Å². The number of hydrogen-bond donors (Lipinski definition) is 1. The van der Waals surface area contributed by atoms with Crippen molar-refractivity contribution in [3.05, 3.63) is 100 Å². The van der Waals surface area contributed by atoms with E-state index in [0.29, 0.717) is 35.6 Å². The Kier molecular flexibility index (Phi) is 6.86. The van der Waals surface area contributed by atoms with Crippen LogP contribution in [0.2, 0.25) is 10.0 Å². The summed E-state index contributed by atoms with van der Waals surface area (Å²) in [4.78, 5) is 0. The Balaban J connectivity index is 1.43. The van der Waals surface area contributed by atoms with Gasteiger partial charge in [-0.05, 0) is 65.2 Å². The first-order valence-corrected chi connectivity index (χ1v) is 10.9. The molecule has 1 N–H and O–H groups in total. The Labute approximate surface area is 192 Å². The molecule has 0 radical (unpaired) electrons. The highest BCUT2D eigenvalue weighted by atomic mass is 35.5. The maximum atomic E-state index is 6.50. The summed E-state index contributed by atoms with van der Waals surface area (Å²) in [7, 11) is 0. The van der Waals surface area contributed by atoms with E-state index in [1.165, 1.54) is 5.39 Å². The Morgan fingerprint density at radius 1 is 0.806 bits per heavy atom. The Morgan fingerprint density at radius 2 is 1.52 bits per heavy atom. The predicted molar refractivity (Wildman–Crippen MR) is 130 cm³/mol. The minimum Gasteiger partial charge on any atom is -0.494 e. The molecule has 0 aliphatic rings. The van der Waals surface area contributed by atoms with Gasteiger partial charge < -0.3 is 14.8 Å². The van der Waals surface area contributed by atoms with Gasteiger partial charge in [0.15, 0.2) is 5.75 Å². The van der Waals surface area contributed by atoms with E-state index < -0.39 is 0 Å². The van der Waals surface area contributed by atoms with Gasteiger partial charge in [-0.3, -0.25) is 0 Å².